The Morgan fingerprint density at radius 2 is 2.53 bits per heavy atom. The number of aromatic nitrogens is 1. The minimum absolute atomic E-state index is 0.0487. The minimum Gasteiger partial charge on any atom is -0.495 e. The summed E-state index contributed by atoms with van der Waals surface area (Å²) in [6.45, 7) is 0.817. The van der Waals surface area contributed by atoms with Crippen LogP contribution in [0.4, 0.5) is 5.82 Å². The van der Waals surface area contributed by atoms with Gasteiger partial charge in [-0.05, 0) is 35.2 Å². The number of anilines is 1. The van der Waals surface area contributed by atoms with Gasteiger partial charge in [0, 0.05) is 25.3 Å². The number of carbonyl (C=O) groups is 1. The lowest BCUT2D eigenvalue weighted by Gasteiger charge is -2.10. The summed E-state index contributed by atoms with van der Waals surface area (Å²) in [4.78, 5) is 15.9. The number of halogens is 1. The number of hydrogen-bond acceptors (Lipinski definition) is 4. The number of carbonyl (C=O) groups excluding carboxylic acids is 1. The van der Waals surface area contributed by atoms with Crippen molar-refractivity contribution in [2.24, 2.45) is 0 Å². The van der Waals surface area contributed by atoms with E-state index in [1.54, 1.807) is 19.4 Å². The Balaban J connectivity index is 1.84. The van der Waals surface area contributed by atoms with Crippen LogP contribution >= 0.6 is 15.9 Å². The highest BCUT2D eigenvalue weighted by molar-refractivity contribution is 9.10. The number of pyridine rings is 1. The average molecular weight is 329 g/mol. The molecule has 1 aromatic heterocycles. The third kappa shape index (κ3) is 4.18. The van der Waals surface area contributed by atoms with Crippen molar-refractivity contribution in [3.8, 4) is 5.75 Å². The van der Waals surface area contributed by atoms with Crippen molar-refractivity contribution in [3.05, 3.63) is 16.7 Å². The molecule has 5 nitrogen and oxygen atoms in total. The molecule has 1 amide bonds. The Labute approximate surface area is 120 Å². The molecule has 0 spiro atoms. The van der Waals surface area contributed by atoms with Gasteiger partial charge in [-0.3, -0.25) is 4.79 Å². The van der Waals surface area contributed by atoms with E-state index in [1.165, 1.54) is 0 Å². The van der Waals surface area contributed by atoms with Crippen molar-refractivity contribution in [1.29, 1.82) is 0 Å². The standard InChI is InChI=1S/C13H17BrN2O3/c1-18-11-7-12(15-8-10(11)14)16-13(17)5-4-9-3-2-6-19-9/h7-9H,2-6H2,1H3,(H,15,16,17). The number of amides is 1. The zero-order chi connectivity index (χ0) is 13.7. The van der Waals surface area contributed by atoms with Crippen molar-refractivity contribution in [3.63, 3.8) is 0 Å². The van der Waals surface area contributed by atoms with Crippen molar-refractivity contribution < 1.29 is 14.3 Å². The van der Waals surface area contributed by atoms with Crippen molar-refractivity contribution in [2.45, 2.75) is 31.8 Å². The quantitative estimate of drug-likeness (QED) is 0.902. The summed E-state index contributed by atoms with van der Waals surface area (Å²) >= 11 is 3.32. The van der Waals surface area contributed by atoms with E-state index in [1.807, 2.05) is 0 Å². The Hall–Kier alpha value is -1.14. The van der Waals surface area contributed by atoms with Crippen LogP contribution in [0.5, 0.6) is 5.75 Å². The van der Waals surface area contributed by atoms with E-state index < -0.39 is 0 Å². The first-order valence-corrected chi connectivity index (χ1v) is 7.09. The van der Waals surface area contributed by atoms with Gasteiger partial charge in [0.05, 0.1) is 17.7 Å². The molecule has 0 bridgehead atoms. The van der Waals surface area contributed by atoms with E-state index in [0.717, 1.165) is 30.3 Å². The van der Waals surface area contributed by atoms with Crippen LogP contribution in [0, 0.1) is 0 Å². The Morgan fingerprint density at radius 3 is 3.21 bits per heavy atom. The molecule has 1 unspecified atom stereocenters. The lowest BCUT2D eigenvalue weighted by molar-refractivity contribution is -0.116. The predicted molar refractivity (Wildman–Crippen MR) is 75.3 cm³/mol. The number of rotatable bonds is 5. The van der Waals surface area contributed by atoms with Crippen LogP contribution in [0.15, 0.2) is 16.7 Å². The molecule has 1 aliphatic rings. The van der Waals surface area contributed by atoms with E-state index >= 15 is 0 Å². The SMILES string of the molecule is COc1cc(NC(=O)CCC2CCCO2)ncc1Br. The normalized spacial score (nSPS) is 18.3. The average Bonchev–Trinajstić information content (AvgIpc) is 2.92. The summed E-state index contributed by atoms with van der Waals surface area (Å²) in [7, 11) is 1.57. The van der Waals surface area contributed by atoms with Gasteiger partial charge in [0.15, 0.2) is 0 Å². The Kier molecular flexibility index (Phi) is 5.15. The van der Waals surface area contributed by atoms with Gasteiger partial charge in [0.2, 0.25) is 5.91 Å². The van der Waals surface area contributed by atoms with E-state index in [0.29, 0.717) is 18.0 Å². The molecule has 6 heteroatoms. The zero-order valence-corrected chi connectivity index (χ0v) is 12.4. The van der Waals surface area contributed by atoms with Gasteiger partial charge in [-0.2, -0.15) is 0 Å². The largest absolute Gasteiger partial charge is 0.495 e. The first-order valence-electron chi connectivity index (χ1n) is 6.30. The fourth-order valence-electron chi connectivity index (χ4n) is 2.01. The van der Waals surface area contributed by atoms with Crippen LogP contribution in [0.25, 0.3) is 0 Å². The van der Waals surface area contributed by atoms with E-state index in [-0.39, 0.29) is 12.0 Å². The molecule has 1 N–H and O–H groups in total. The van der Waals surface area contributed by atoms with Crippen molar-refractivity contribution in [2.75, 3.05) is 19.0 Å². The molecule has 0 aromatic carbocycles. The summed E-state index contributed by atoms with van der Waals surface area (Å²) in [5, 5.41) is 2.76. The maximum atomic E-state index is 11.8. The van der Waals surface area contributed by atoms with Gasteiger partial charge in [-0.25, -0.2) is 4.98 Å². The van der Waals surface area contributed by atoms with Crippen molar-refractivity contribution >= 4 is 27.7 Å². The van der Waals surface area contributed by atoms with Gasteiger partial charge in [0.1, 0.15) is 11.6 Å². The summed E-state index contributed by atoms with van der Waals surface area (Å²) in [6, 6.07) is 1.69. The summed E-state index contributed by atoms with van der Waals surface area (Å²) < 4.78 is 11.4. The highest BCUT2D eigenvalue weighted by atomic mass is 79.9. The Bertz CT molecular complexity index is 448. The highest BCUT2D eigenvalue weighted by Gasteiger charge is 2.17. The molecule has 2 heterocycles. The second-order valence-electron chi connectivity index (χ2n) is 4.43. The molecule has 104 valence electrons. The molecule has 19 heavy (non-hydrogen) atoms. The topological polar surface area (TPSA) is 60.5 Å². The zero-order valence-electron chi connectivity index (χ0n) is 10.8. The number of nitrogens with zero attached hydrogens (tertiary/aromatic N) is 1. The molecule has 1 aliphatic heterocycles. The van der Waals surface area contributed by atoms with Crippen LogP contribution in [-0.4, -0.2) is 30.7 Å². The summed E-state index contributed by atoms with van der Waals surface area (Å²) in [5.74, 6) is 1.09. The molecule has 0 radical (unpaired) electrons. The molecule has 1 atom stereocenters. The summed E-state index contributed by atoms with van der Waals surface area (Å²) in [5.41, 5.74) is 0. The first kappa shape index (κ1) is 14.3. The monoisotopic (exact) mass is 328 g/mol. The smallest absolute Gasteiger partial charge is 0.225 e. The van der Waals surface area contributed by atoms with Gasteiger partial charge in [-0.15, -0.1) is 0 Å². The van der Waals surface area contributed by atoms with Gasteiger partial charge >= 0.3 is 0 Å². The lowest BCUT2D eigenvalue weighted by atomic mass is 10.1. The second-order valence-corrected chi connectivity index (χ2v) is 5.28. The van der Waals surface area contributed by atoms with Gasteiger partial charge in [-0.1, -0.05) is 0 Å². The van der Waals surface area contributed by atoms with Crippen LogP contribution in [0.1, 0.15) is 25.7 Å². The van der Waals surface area contributed by atoms with Crippen LogP contribution in [0.2, 0.25) is 0 Å². The summed E-state index contributed by atoms with van der Waals surface area (Å²) in [6.07, 6.45) is 5.20. The third-order valence-corrected chi connectivity index (χ3v) is 3.62. The van der Waals surface area contributed by atoms with Gasteiger partial charge < -0.3 is 14.8 Å². The van der Waals surface area contributed by atoms with E-state index in [2.05, 4.69) is 26.2 Å². The number of ether oxygens (including phenoxy) is 2. The minimum atomic E-state index is -0.0487. The molecular formula is C13H17BrN2O3. The van der Waals surface area contributed by atoms with Crippen LogP contribution in [-0.2, 0) is 9.53 Å². The Morgan fingerprint density at radius 1 is 1.68 bits per heavy atom. The first-order chi connectivity index (χ1) is 9.19. The predicted octanol–water partition coefficient (Wildman–Crippen LogP) is 2.75. The number of methoxy groups -OCH3 is 1. The number of hydrogen-bond donors (Lipinski definition) is 1. The van der Waals surface area contributed by atoms with Crippen molar-refractivity contribution in [1.82, 2.24) is 4.98 Å². The van der Waals surface area contributed by atoms with E-state index in [9.17, 15) is 4.79 Å². The molecule has 1 saturated heterocycles. The molecule has 1 fully saturated rings. The second kappa shape index (κ2) is 6.86. The fraction of sp³-hybridized carbons (Fsp3) is 0.538. The highest BCUT2D eigenvalue weighted by Crippen LogP contribution is 2.26. The van der Waals surface area contributed by atoms with Crippen LogP contribution < -0.4 is 10.1 Å². The molecular weight excluding hydrogens is 312 g/mol. The lowest BCUT2D eigenvalue weighted by Crippen LogP contribution is -2.16. The maximum Gasteiger partial charge on any atom is 0.225 e. The molecule has 0 aliphatic carbocycles. The molecule has 0 saturated carbocycles. The fourth-order valence-corrected chi connectivity index (χ4v) is 2.39. The van der Waals surface area contributed by atoms with E-state index in [4.69, 9.17) is 9.47 Å². The van der Waals surface area contributed by atoms with Crippen LogP contribution in [0.3, 0.4) is 0 Å². The maximum absolute atomic E-state index is 11.8. The number of nitrogens with one attached hydrogen (secondary N) is 1. The molecule has 2 rings (SSSR count). The molecule has 1 aromatic rings. The van der Waals surface area contributed by atoms with Gasteiger partial charge in [0.25, 0.3) is 0 Å². The third-order valence-electron chi connectivity index (χ3n) is 3.02.